The third kappa shape index (κ3) is 5.01. The number of aryl methyl sites for hydroxylation is 1. The van der Waals surface area contributed by atoms with Gasteiger partial charge in [-0.05, 0) is 19.3 Å². The summed E-state index contributed by atoms with van der Waals surface area (Å²) in [5.74, 6) is -0.331. The summed E-state index contributed by atoms with van der Waals surface area (Å²) in [4.78, 5) is 15.5. The summed E-state index contributed by atoms with van der Waals surface area (Å²) in [5, 5.41) is 12.6. The number of aromatic carboxylic acids is 1. The Morgan fingerprint density at radius 3 is 2.78 bits per heavy atom. The zero-order valence-corrected chi connectivity index (χ0v) is 11.8. The van der Waals surface area contributed by atoms with Gasteiger partial charge >= 0.3 is 5.97 Å². The highest BCUT2D eigenvalue weighted by molar-refractivity contribution is 7.15. The Bertz CT molecular complexity index is 391. The SMILES string of the molecule is Cc1sc(NCCOCCC(C)C)nc1C(=O)O. The van der Waals surface area contributed by atoms with Gasteiger partial charge in [-0.2, -0.15) is 0 Å². The number of anilines is 1. The number of aromatic nitrogens is 1. The van der Waals surface area contributed by atoms with Crippen LogP contribution in [0, 0.1) is 12.8 Å². The third-order valence-corrected chi connectivity index (χ3v) is 3.29. The van der Waals surface area contributed by atoms with E-state index in [0.29, 0.717) is 29.1 Å². The van der Waals surface area contributed by atoms with E-state index in [0.717, 1.165) is 13.0 Å². The summed E-state index contributed by atoms with van der Waals surface area (Å²) in [7, 11) is 0. The Labute approximate surface area is 111 Å². The number of nitrogens with one attached hydrogen (secondary N) is 1. The van der Waals surface area contributed by atoms with Gasteiger partial charge in [0.15, 0.2) is 10.8 Å². The lowest BCUT2D eigenvalue weighted by Gasteiger charge is -2.06. The topological polar surface area (TPSA) is 71.5 Å². The number of carboxylic acids is 1. The van der Waals surface area contributed by atoms with E-state index in [1.54, 1.807) is 6.92 Å². The van der Waals surface area contributed by atoms with E-state index in [9.17, 15) is 4.79 Å². The highest BCUT2D eigenvalue weighted by Crippen LogP contribution is 2.21. The van der Waals surface area contributed by atoms with Gasteiger partial charge in [-0.25, -0.2) is 9.78 Å². The van der Waals surface area contributed by atoms with Crippen molar-refractivity contribution in [1.29, 1.82) is 0 Å². The van der Waals surface area contributed by atoms with Crippen molar-refractivity contribution in [3.05, 3.63) is 10.6 Å². The van der Waals surface area contributed by atoms with Crippen LogP contribution in [0.4, 0.5) is 5.13 Å². The van der Waals surface area contributed by atoms with Gasteiger partial charge in [0.25, 0.3) is 0 Å². The molecule has 0 spiro atoms. The fourth-order valence-corrected chi connectivity index (χ4v) is 2.15. The molecule has 102 valence electrons. The van der Waals surface area contributed by atoms with Crippen LogP contribution in [-0.4, -0.2) is 35.8 Å². The number of nitrogens with zero attached hydrogens (tertiary/aromatic N) is 1. The molecule has 0 aromatic carbocycles. The first-order valence-corrected chi connectivity index (χ1v) is 6.84. The molecule has 18 heavy (non-hydrogen) atoms. The van der Waals surface area contributed by atoms with Gasteiger partial charge in [0, 0.05) is 18.0 Å². The zero-order valence-electron chi connectivity index (χ0n) is 11.0. The molecule has 0 atom stereocenters. The van der Waals surface area contributed by atoms with Crippen LogP contribution >= 0.6 is 11.3 Å². The molecule has 0 radical (unpaired) electrons. The molecular weight excluding hydrogens is 252 g/mol. The fourth-order valence-electron chi connectivity index (χ4n) is 1.32. The Balaban J connectivity index is 2.23. The molecular formula is C12H20N2O3S. The molecule has 0 aliphatic rings. The van der Waals surface area contributed by atoms with Crippen LogP contribution in [0.25, 0.3) is 0 Å². The van der Waals surface area contributed by atoms with E-state index in [-0.39, 0.29) is 5.69 Å². The molecule has 5 nitrogen and oxygen atoms in total. The smallest absolute Gasteiger partial charge is 0.355 e. The maximum absolute atomic E-state index is 10.8. The molecule has 1 aromatic heterocycles. The summed E-state index contributed by atoms with van der Waals surface area (Å²) < 4.78 is 5.45. The highest BCUT2D eigenvalue weighted by Gasteiger charge is 2.13. The second-order valence-electron chi connectivity index (χ2n) is 4.45. The largest absolute Gasteiger partial charge is 0.476 e. The fraction of sp³-hybridized carbons (Fsp3) is 0.667. The minimum absolute atomic E-state index is 0.128. The molecule has 0 aliphatic heterocycles. The van der Waals surface area contributed by atoms with Crippen molar-refractivity contribution in [3.63, 3.8) is 0 Å². The van der Waals surface area contributed by atoms with Crippen LogP contribution in [0.3, 0.4) is 0 Å². The first-order valence-electron chi connectivity index (χ1n) is 6.03. The summed E-state index contributed by atoms with van der Waals surface area (Å²) in [5.41, 5.74) is 0.128. The van der Waals surface area contributed by atoms with Crippen LogP contribution in [0.5, 0.6) is 0 Å². The second kappa shape index (κ2) is 7.33. The van der Waals surface area contributed by atoms with E-state index in [1.165, 1.54) is 11.3 Å². The van der Waals surface area contributed by atoms with E-state index >= 15 is 0 Å². The normalized spacial score (nSPS) is 10.9. The summed E-state index contributed by atoms with van der Waals surface area (Å²) >= 11 is 1.35. The van der Waals surface area contributed by atoms with Gasteiger partial charge in [-0.1, -0.05) is 13.8 Å². The molecule has 0 saturated carbocycles. The Kier molecular flexibility index (Phi) is 6.07. The molecule has 0 unspecified atom stereocenters. The highest BCUT2D eigenvalue weighted by atomic mass is 32.1. The van der Waals surface area contributed by atoms with Crippen LogP contribution in [0.15, 0.2) is 0 Å². The summed E-state index contributed by atoms with van der Waals surface area (Å²) in [6, 6.07) is 0. The molecule has 1 heterocycles. The average molecular weight is 272 g/mol. The first-order chi connectivity index (χ1) is 8.50. The molecule has 0 aliphatic carbocycles. The predicted molar refractivity (Wildman–Crippen MR) is 72.6 cm³/mol. The van der Waals surface area contributed by atoms with Gasteiger partial charge in [-0.3, -0.25) is 0 Å². The number of rotatable bonds is 8. The number of carbonyl (C=O) groups is 1. The lowest BCUT2D eigenvalue weighted by atomic mass is 10.1. The molecule has 1 rings (SSSR count). The molecule has 2 N–H and O–H groups in total. The van der Waals surface area contributed by atoms with Gasteiger partial charge in [0.1, 0.15) is 0 Å². The minimum Gasteiger partial charge on any atom is -0.476 e. The van der Waals surface area contributed by atoms with Crippen molar-refractivity contribution in [2.45, 2.75) is 27.2 Å². The van der Waals surface area contributed by atoms with Crippen LogP contribution < -0.4 is 5.32 Å². The van der Waals surface area contributed by atoms with Crippen LogP contribution in [0.1, 0.15) is 35.6 Å². The maximum atomic E-state index is 10.8. The zero-order chi connectivity index (χ0) is 13.5. The number of hydrogen-bond donors (Lipinski definition) is 2. The van der Waals surface area contributed by atoms with Crippen molar-refractivity contribution in [2.75, 3.05) is 25.1 Å². The molecule has 0 bridgehead atoms. The Hall–Kier alpha value is -1.14. The molecule has 0 saturated heterocycles. The maximum Gasteiger partial charge on any atom is 0.355 e. The standard InChI is InChI=1S/C12H20N2O3S/c1-8(2)4-6-17-7-5-13-12-14-10(11(15)16)9(3)18-12/h8H,4-7H2,1-3H3,(H,13,14)(H,15,16). The van der Waals surface area contributed by atoms with Crippen molar-refractivity contribution >= 4 is 22.4 Å². The second-order valence-corrected chi connectivity index (χ2v) is 5.65. The van der Waals surface area contributed by atoms with E-state index in [2.05, 4.69) is 24.1 Å². The van der Waals surface area contributed by atoms with Crippen molar-refractivity contribution in [2.24, 2.45) is 5.92 Å². The van der Waals surface area contributed by atoms with Crippen LogP contribution in [-0.2, 0) is 4.74 Å². The number of ether oxygens (including phenoxy) is 1. The number of carboxylic acid groups (broad SMARTS) is 1. The quantitative estimate of drug-likeness (QED) is 0.712. The summed E-state index contributed by atoms with van der Waals surface area (Å²) in [6.45, 7) is 8.08. The van der Waals surface area contributed by atoms with Crippen LogP contribution in [0.2, 0.25) is 0 Å². The van der Waals surface area contributed by atoms with Gasteiger partial charge in [0.2, 0.25) is 0 Å². The number of thiazole rings is 1. The molecule has 0 amide bonds. The van der Waals surface area contributed by atoms with Gasteiger partial charge in [-0.15, -0.1) is 11.3 Å². The van der Waals surface area contributed by atoms with Gasteiger partial charge < -0.3 is 15.2 Å². The minimum atomic E-state index is -0.981. The molecule has 1 aromatic rings. The third-order valence-electron chi connectivity index (χ3n) is 2.36. The van der Waals surface area contributed by atoms with Crippen molar-refractivity contribution < 1.29 is 14.6 Å². The van der Waals surface area contributed by atoms with Crippen molar-refractivity contribution in [1.82, 2.24) is 4.98 Å². The Morgan fingerprint density at radius 2 is 2.22 bits per heavy atom. The monoisotopic (exact) mass is 272 g/mol. The Morgan fingerprint density at radius 1 is 1.50 bits per heavy atom. The van der Waals surface area contributed by atoms with Gasteiger partial charge in [0.05, 0.1) is 6.61 Å². The van der Waals surface area contributed by atoms with E-state index < -0.39 is 5.97 Å². The van der Waals surface area contributed by atoms with E-state index in [1.807, 2.05) is 0 Å². The molecule has 0 fully saturated rings. The average Bonchev–Trinajstić information content (AvgIpc) is 2.64. The van der Waals surface area contributed by atoms with E-state index in [4.69, 9.17) is 9.84 Å². The lowest BCUT2D eigenvalue weighted by Crippen LogP contribution is -2.11. The first kappa shape index (κ1) is 14.9. The lowest BCUT2D eigenvalue weighted by molar-refractivity contribution is 0.0690. The predicted octanol–water partition coefficient (Wildman–Crippen LogP) is 2.62. The van der Waals surface area contributed by atoms with Crippen molar-refractivity contribution in [3.8, 4) is 0 Å². The summed E-state index contributed by atoms with van der Waals surface area (Å²) in [6.07, 6.45) is 1.06. The number of hydrogen-bond acceptors (Lipinski definition) is 5. The molecule has 6 heteroatoms.